The van der Waals surface area contributed by atoms with Crippen LogP contribution in [0.2, 0.25) is 0 Å². The Morgan fingerprint density at radius 2 is 2.09 bits per heavy atom. The fourth-order valence-corrected chi connectivity index (χ4v) is 4.06. The molecule has 0 amide bonds. The summed E-state index contributed by atoms with van der Waals surface area (Å²) in [5.74, 6) is 1.11. The highest BCUT2D eigenvalue weighted by molar-refractivity contribution is 8.00. The van der Waals surface area contributed by atoms with Gasteiger partial charge in [-0.25, -0.2) is 9.97 Å². The lowest BCUT2D eigenvalue weighted by Crippen LogP contribution is -2.00. The number of Topliss-reactive ketones (excluding diaryl/α,β-unsaturated/α-hetero) is 1. The Kier molecular flexibility index (Phi) is 3.63. The first-order chi connectivity index (χ1) is 11.2. The molecule has 0 fully saturated rings. The van der Waals surface area contributed by atoms with Gasteiger partial charge in [0.2, 0.25) is 0 Å². The predicted octanol–water partition coefficient (Wildman–Crippen LogP) is 4.72. The van der Waals surface area contributed by atoms with Crippen molar-refractivity contribution in [2.24, 2.45) is 0 Å². The van der Waals surface area contributed by atoms with Gasteiger partial charge in [-0.1, -0.05) is 30.0 Å². The Morgan fingerprint density at radius 3 is 2.91 bits per heavy atom. The lowest BCUT2D eigenvalue weighted by atomic mass is 10.2. The van der Waals surface area contributed by atoms with E-state index in [0.717, 1.165) is 21.4 Å². The summed E-state index contributed by atoms with van der Waals surface area (Å²) in [7, 11) is 0. The minimum Gasteiger partial charge on any atom is -0.451 e. The summed E-state index contributed by atoms with van der Waals surface area (Å²) in [5, 5.41) is 3.59. The number of nitrogens with zero attached hydrogens (tertiary/aromatic N) is 2. The van der Waals surface area contributed by atoms with E-state index in [9.17, 15) is 4.79 Å². The second kappa shape index (κ2) is 5.79. The summed E-state index contributed by atoms with van der Waals surface area (Å²) in [5.41, 5.74) is 2.24. The van der Waals surface area contributed by atoms with E-state index in [4.69, 9.17) is 4.42 Å². The Balaban J connectivity index is 1.73. The second-order valence-corrected chi connectivity index (χ2v) is 6.95. The molecule has 0 aliphatic heterocycles. The van der Waals surface area contributed by atoms with Crippen molar-refractivity contribution in [3.8, 4) is 0 Å². The molecule has 0 aliphatic rings. The van der Waals surface area contributed by atoms with Gasteiger partial charge in [0.15, 0.2) is 11.4 Å². The molecule has 114 valence electrons. The third-order valence-corrected chi connectivity index (χ3v) is 5.30. The van der Waals surface area contributed by atoms with Crippen LogP contribution in [0.1, 0.15) is 15.5 Å². The zero-order chi connectivity index (χ0) is 15.8. The monoisotopic (exact) mass is 340 g/mol. The Bertz CT molecular complexity index is 1010. The number of thioether (sulfide) groups is 1. The number of carbonyl (C=O) groups excluding carboxylic acids is 1. The third kappa shape index (κ3) is 2.64. The zero-order valence-corrected chi connectivity index (χ0v) is 13.9. The number of ketones is 1. The van der Waals surface area contributed by atoms with Crippen molar-refractivity contribution in [1.82, 2.24) is 9.97 Å². The predicted molar refractivity (Wildman–Crippen MR) is 93.4 cm³/mol. The zero-order valence-electron chi connectivity index (χ0n) is 12.3. The molecule has 0 atom stereocenters. The van der Waals surface area contributed by atoms with Gasteiger partial charge in [0.05, 0.1) is 10.6 Å². The highest BCUT2D eigenvalue weighted by atomic mass is 32.2. The fraction of sp³-hybridized carbons (Fsp3) is 0.118. The van der Waals surface area contributed by atoms with Crippen molar-refractivity contribution >= 4 is 51.0 Å². The minimum atomic E-state index is 0.102. The summed E-state index contributed by atoms with van der Waals surface area (Å²) in [6.45, 7) is 1.85. The molecule has 6 heteroatoms. The molecule has 0 radical (unpaired) electrons. The van der Waals surface area contributed by atoms with E-state index in [2.05, 4.69) is 9.97 Å². The van der Waals surface area contributed by atoms with Crippen LogP contribution in [0.3, 0.4) is 0 Å². The molecule has 1 aromatic carbocycles. The number of aryl methyl sites for hydroxylation is 1. The van der Waals surface area contributed by atoms with E-state index in [0.29, 0.717) is 22.2 Å². The lowest BCUT2D eigenvalue weighted by molar-refractivity contribution is 0.102. The number of fused-ring (bicyclic) bond motifs is 3. The van der Waals surface area contributed by atoms with Crippen molar-refractivity contribution in [2.75, 3.05) is 5.75 Å². The number of carbonyl (C=O) groups is 1. The largest absolute Gasteiger partial charge is 0.451 e. The molecule has 0 unspecified atom stereocenters. The van der Waals surface area contributed by atoms with Crippen LogP contribution in [0.4, 0.5) is 0 Å². The van der Waals surface area contributed by atoms with Crippen molar-refractivity contribution in [3.63, 3.8) is 0 Å². The van der Waals surface area contributed by atoms with Crippen LogP contribution in [0.25, 0.3) is 22.1 Å². The van der Waals surface area contributed by atoms with Gasteiger partial charge in [-0.15, -0.1) is 11.3 Å². The molecular formula is C17H12N2O2S2. The Hall–Kier alpha value is -2.18. The van der Waals surface area contributed by atoms with Crippen LogP contribution in [-0.4, -0.2) is 21.5 Å². The molecule has 3 aromatic heterocycles. The van der Waals surface area contributed by atoms with E-state index < -0.39 is 0 Å². The third-order valence-electron chi connectivity index (χ3n) is 3.44. The molecule has 0 saturated heterocycles. The van der Waals surface area contributed by atoms with Crippen molar-refractivity contribution < 1.29 is 9.21 Å². The highest BCUT2D eigenvalue weighted by Gasteiger charge is 2.16. The highest BCUT2D eigenvalue weighted by Crippen LogP contribution is 2.33. The van der Waals surface area contributed by atoms with Crippen LogP contribution in [0.5, 0.6) is 0 Å². The van der Waals surface area contributed by atoms with Crippen LogP contribution in [-0.2, 0) is 0 Å². The van der Waals surface area contributed by atoms with Crippen LogP contribution >= 0.6 is 23.1 Å². The molecule has 4 nitrogen and oxygen atoms in total. The molecule has 3 heterocycles. The minimum absolute atomic E-state index is 0.102. The maximum atomic E-state index is 12.2. The molecule has 0 aliphatic carbocycles. The SMILES string of the molecule is Cc1nc(SCC(=O)c2cccs2)c2oc3ccccc3c2n1. The van der Waals surface area contributed by atoms with Gasteiger partial charge in [0, 0.05) is 5.39 Å². The van der Waals surface area contributed by atoms with E-state index in [1.54, 1.807) is 0 Å². The van der Waals surface area contributed by atoms with Crippen molar-refractivity contribution in [2.45, 2.75) is 11.9 Å². The molecule has 23 heavy (non-hydrogen) atoms. The van der Waals surface area contributed by atoms with E-state index in [1.165, 1.54) is 23.1 Å². The molecular weight excluding hydrogens is 328 g/mol. The van der Waals surface area contributed by atoms with Crippen LogP contribution in [0, 0.1) is 6.92 Å². The summed E-state index contributed by atoms with van der Waals surface area (Å²) < 4.78 is 5.91. The van der Waals surface area contributed by atoms with Gasteiger partial charge in [-0.3, -0.25) is 4.79 Å². The van der Waals surface area contributed by atoms with Gasteiger partial charge < -0.3 is 4.42 Å². The van der Waals surface area contributed by atoms with E-state index in [1.807, 2.05) is 48.7 Å². The lowest BCUT2D eigenvalue weighted by Gasteiger charge is -2.01. The van der Waals surface area contributed by atoms with Gasteiger partial charge in [-0.2, -0.15) is 0 Å². The molecule has 0 saturated carbocycles. The van der Waals surface area contributed by atoms with Crippen molar-refractivity contribution in [1.29, 1.82) is 0 Å². The number of thiophene rings is 1. The average Bonchev–Trinajstić information content (AvgIpc) is 3.20. The standard InChI is InChI=1S/C17H12N2O2S2/c1-10-18-15-11-5-2-3-6-13(11)21-16(15)17(19-10)23-9-12(20)14-7-4-8-22-14/h2-8H,9H2,1H3. The summed E-state index contributed by atoms with van der Waals surface area (Å²) in [6, 6.07) is 11.5. The number of hydrogen-bond acceptors (Lipinski definition) is 6. The molecule has 0 bridgehead atoms. The van der Waals surface area contributed by atoms with Gasteiger partial charge in [0.1, 0.15) is 22.0 Å². The number of benzene rings is 1. The molecule has 0 spiro atoms. The summed E-state index contributed by atoms with van der Waals surface area (Å²) >= 11 is 2.86. The number of aromatic nitrogens is 2. The van der Waals surface area contributed by atoms with E-state index in [-0.39, 0.29) is 5.78 Å². The maximum Gasteiger partial charge on any atom is 0.186 e. The number of furan rings is 1. The van der Waals surface area contributed by atoms with E-state index >= 15 is 0 Å². The van der Waals surface area contributed by atoms with Crippen LogP contribution < -0.4 is 0 Å². The number of rotatable bonds is 4. The second-order valence-electron chi connectivity index (χ2n) is 5.04. The number of para-hydroxylation sites is 1. The number of hydrogen-bond donors (Lipinski definition) is 0. The van der Waals surface area contributed by atoms with Gasteiger partial charge in [-0.05, 0) is 30.5 Å². The summed E-state index contributed by atoms with van der Waals surface area (Å²) in [6.07, 6.45) is 0. The first-order valence-corrected chi connectivity index (χ1v) is 8.94. The van der Waals surface area contributed by atoms with Gasteiger partial charge in [0.25, 0.3) is 0 Å². The average molecular weight is 340 g/mol. The smallest absolute Gasteiger partial charge is 0.186 e. The Morgan fingerprint density at radius 1 is 1.22 bits per heavy atom. The summed E-state index contributed by atoms with van der Waals surface area (Å²) in [4.78, 5) is 21.9. The fourth-order valence-electron chi connectivity index (χ4n) is 2.41. The van der Waals surface area contributed by atoms with Crippen LogP contribution in [0.15, 0.2) is 51.2 Å². The molecule has 4 rings (SSSR count). The Labute approximate surface area is 140 Å². The first kappa shape index (κ1) is 14.4. The first-order valence-electron chi connectivity index (χ1n) is 7.08. The van der Waals surface area contributed by atoms with Gasteiger partial charge >= 0.3 is 0 Å². The topological polar surface area (TPSA) is 56.0 Å². The maximum absolute atomic E-state index is 12.2. The normalized spacial score (nSPS) is 11.3. The molecule has 0 N–H and O–H groups in total. The quantitative estimate of drug-likeness (QED) is 0.306. The molecule has 4 aromatic rings. The van der Waals surface area contributed by atoms with Crippen molar-refractivity contribution in [3.05, 3.63) is 52.5 Å².